The Hall–Kier alpha value is -3.02. The summed E-state index contributed by atoms with van der Waals surface area (Å²) in [5.41, 5.74) is -12.5. The molecule has 0 aromatic carbocycles. The third kappa shape index (κ3) is 3.86. The van der Waals surface area contributed by atoms with Gasteiger partial charge in [0.2, 0.25) is 11.8 Å². The summed E-state index contributed by atoms with van der Waals surface area (Å²) < 4.78 is 130. The number of carbonyl (C=O) groups excluding carboxylic acids is 2. The molecule has 0 aliphatic heterocycles. The minimum atomic E-state index is -6.75. The summed E-state index contributed by atoms with van der Waals surface area (Å²) in [7, 11) is -13.5. The molecular weight excluding hydrogens is 478 g/mol. The van der Waals surface area contributed by atoms with Crippen molar-refractivity contribution in [3.63, 3.8) is 0 Å². The number of anilines is 2. The SMILES string of the molecule is O=C(C(=O)N(c1ccco1)S(=O)(=O)C(F)(F)F)N(c1ccco1)S(=O)(=O)C(F)(F)F. The van der Waals surface area contributed by atoms with Crippen molar-refractivity contribution >= 4 is 43.6 Å². The molecule has 0 saturated heterocycles. The van der Waals surface area contributed by atoms with E-state index in [1.807, 2.05) is 0 Å². The molecular formula is C12H6F6N2O8S2. The van der Waals surface area contributed by atoms with Crippen molar-refractivity contribution in [2.75, 3.05) is 8.61 Å². The molecule has 10 nitrogen and oxygen atoms in total. The van der Waals surface area contributed by atoms with Crippen LogP contribution in [0.2, 0.25) is 0 Å². The molecule has 0 radical (unpaired) electrons. The summed E-state index contributed by atoms with van der Waals surface area (Å²) in [6.45, 7) is 0. The maximum atomic E-state index is 12.9. The van der Waals surface area contributed by atoms with Gasteiger partial charge in [-0.2, -0.15) is 51.8 Å². The molecule has 0 aliphatic carbocycles. The first-order valence-corrected chi connectivity index (χ1v) is 9.80. The predicted molar refractivity (Wildman–Crippen MR) is 82.3 cm³/mol. The first kappa shape index (κ1) is 23.3. The van der Waals surface area contributed by atoms with Crippen LogP contribution in [0.5, 0.6) is 0 Å². The zero-order valence-electron chi connectivity index (χ0n) is 13.7. The molecule has 0 bridgehead atoms. The highest BCUT2D eigenvalue weighted by Gasteiger charge is 2.59. The molecule has 0 N–H and O–H groups in total. The van der Waals surface area contributed by atoms with E-state index in [2.05, 4.69) is 8.83 Å². The van der Waals surface area contributed by atoms with Crippen molar-refractivity contribution in [1.82, 2.24) is 0 Å². The lowest BCUT2D eigenvalue weighted by Crippen LogP contribution is -2.54. The minimum Gasteiger partial charge on any atom is -0.447 e. The quantitative estimate of drug-likeness (QED) is 0.475. The lowest BCUT2D eigenvalue weighted by atomic mass is 10.5. The third-order valence-corrected chi connectivity index (χ3v) is 5.85. The van der Waals surface area contributed by atoms with Gasteiger partial charge >= 0.3 is 42.9 Å². The molecule has 0 atom stereocenters. The number of hydrogen-bond acceptors (Lipinski definition) is 8. The summed E-state index contributed by atoms with van der Waals surface area (Å²) >= 11 is 0. The molecule has 2 rings (SSSR count). The smallest absolute Gasteiger partial charge is 0.447 e. The molecule has 0 aliphatic rings. The first-order chi connectivity index (χ1) is 13.5. The van der Waals surface area contributed by atoms with Crippen molar-refractivity contribution in [1.29, 1.82) is 0 Å². The Labute approximate surface area is 162 Å². The zero-order valence-corrected chi connectivity index (χ0v) is 15.3. The lowest BCUT2D eigenvalue weighted by Gasteiger charge is -2.24. The number of amides is 2. The Kier molecular flexibility index (Phi) is 5.70. The van der Waals surface area contributed by atoms with Gasteiger partial charge in [0.25, 0.3) is 0 Å². The Morgan fingerprint density at radius 3 is 1.20 bits per heavy atom. The number of rotatable bonds is 4. The number of hydrogen-bond donors (Lipinski definition) is 0. The molecule has 166 valence electrons. The van der Waals surface area contributed by atoms with Crippen LogP contribution in [0.25, 0.3) is 0 Å². The standard InChI is InChI=1S/C12H6F6N2O8S2/c13-11(14,15)29(23,24)19(7-3-1-5-27-7)9(21)10(22)20(8-4-2-6-28-8)30(25,26)12(16,17)18/h1-6H. The molecule has 2 heterocycles. The highest BCUT2D eigenvalue weighted by atomic mass is 32.2. The summed E-state index contributed by atoms with van der Waals surface area (Å²) in [6.07, 6.45) is 1.14. The maximum absolute atomic E-state index is 12.9. The van der Waals surface area contributed by atoms with Crippen LogP contribution in [0.1, 0.15) is 0 Å². The van der Waals surface area contributed by atoms with E-state index >= 15 is 0 Å². The average Bonchev–Trinajstić information content (AvgIpc) is 3.26. The fraction of sp³-hybridized carbons (Fsp3) is 0.167. The second-order valence-corrected chi connectivity index (χ2v) is 8.50. The number of carbonyl (C=O) groups is 2. The van der Waals surface area contributed by atoms with Gasteiger partial charge in [0.1, 0.15) is 0 Å². The van der Waals surface area contributed by atoms with E-state index in [4.69, 9.17) is 0 Å². The first-order valence-electron chi connectivity index (χ1n) is 6.92. The van der Waals surface area contributed by atoms with E-state index < -0.39 is 63.3 Å². The van der Waals surface area contributed by atoms with Gasteiger partial charge in [0.05, 0.1) is 12.5 Å². The summed E-state index contributed by atoms with van der Waals surface area (Å²) in [4.78, 5) is 24.5. The predicted octanol–water partition coefficient (Wildman–Crippen LogP) is 1.94. The Balaban J connectivity index is 2.68. The normalized spacial score (nSPS) is 13.1. The summed E-state index contributed by atoms with van der Waals surface area (Å²) in [5, 5.41) is 0. The van der Waals surface area contributed by atoms with Crippen LogP contribution in [-0.2, 0) is 29.6 Å². The van der Waals surface area contributed by atoms with Crippen molar-refractivity contribution in [2.45, 2.75) is 11.0 Å². The van der Waals surface area contributed by atoms with E-state index in [0.29, 0.717) is 24.7 Å². The van der Waals surface area contributed by atoms with Crippen LogP contribution in [0, 0.1) is 0 Å². The minimum absolute atomic E-state index is 0.448. The van der Waals surface area contributed by atoms with Crippen LogP contribution in [0.3, 0.4) is 0 Å². The monoisotopic (exact) mass is 484 g/mol. The number of sulfonamides is 2. The molecule has 18 heteroatoms. The number of alkyl halides is 6. The molecule has 0 spiro atoms. The van der Waals surface area contributed by atoms with Crippen LogP contribution >= 0.6 is 0 Å². The molecule has 0 saturated carbocycles. The molecule has 0 fully saturated rings. The van der Waals surface area contributed by atoms with Gasteiger partial charge in [-0.15, -0.1) is 0 Å². The largest absolute Gasteiger partial charge is 0.517 e. The summed E-state index contributed by atoms with van der Waals surface area (Å²) in [6, 6.07) is 2.46. The second kappa shape index (κ2) is 7.35. The van der Waals surface area contributed by atoms with Crippen LogP contribution in [0.4, 0.5) is 38.1 Å². The lowest BCUT2D eigenvalue weighted by molar-refractivity contribution is -0.135. The Morgan fingerprint density at radius 1 is 0.700 bits per heavy atom. The molecule has 0 unspecified atom stereocenters. The molecule has 2 amide bonds. The second-order valence-electron chi connectivity index (χ2n) is 4.94. The van der Waals surface area contributed by atoms with Gasteiger partial charge in [0, 0.05) is 12.1 Å². The average molecular weight is 484 g/mol. The maximum Gasteiger partial charge on any atom is 0.517 e. The third-order valence-electron chi connectivity index (χ3n) is 3.03. The van der Waals surface area contributed by atoms with Crippen LogP contribution in [-0.4, -0.2) is 39.7 Å². The number of furan rings is 2. The highest BCUT2D eigenvalue weighted by molar-refractivity contribution is 7.95. The summed E-state index contributed by atoms with van der Waals surface area (Å²) in [5.74, 6) is -8.61. The van der Waals surface area contributed by atoms with E-state index in [0.717, 1.165) is 12.1 Å². The number of halogens is 6. The number of nitrogens with zero attached hydrogens (tertiary/aromatic N) is 2. The Bertz CT molecular complexity index is 1040. The van der Waals surface area contributed by atoms with Crippen molar-refractivity contribution in [3.8, 4) is 0 Å². The molecule has 2 aromatic heterocycles. The van der Waals surface area contributed by atoms with Crippen molar-refractivity contribution < 1.29 is 61.6 Å². The zero-order chi connectivity index (χ0) is 23.1. The van der Waals surface area contributed by atoms with Crippen LogP contribution < -0.4 is 8.61 Å². The molecule has 30 heavy (non-hydrogen) atoms. The fourth-order valence-electron chi connectivity index (χ4n) is 1.81. The van der Waals surface area contributed by atoms with Gasteiger partial charge in [-0.25, -0.2) is 0 Å². The molecule has 2 aromatic rings. The van der Waals surface area contributed by atoms with E-state index in [9.17, 15) is 52.8 Å². The van der Waals surface area contributed by atoms with Gasteiger partial charge in [0.15, 0.2) is 0 Å². The van der Waals surface area contributed by atoms with Gasteiger partial charge < -0.3 is 8.83 Å². The van der Waals surface area contributed by atoms with Gasteiger partial charge in [-0.05, 0) is 12.1 Å². The van der Waals surface area contributed by atoms with E-state index in [-0.39, 0.29) is 0 Å². The van der Waals surface area contributed by atoms with Gasteiger partial charge in [-0.3, -0.25) is 9.59 Å². The fourth-order valence-corrected chi connectivity index (χ4v) is 3.50. The van der Waals surface area contributed by atoms with E-state index in [1.165, 1.54) is 0 Å². The van der Waals surface area contributed by atoms with Gasteiger partial charge in [-0.1, -0.05) is 0 Å². The Morgan fingerprint density at radius 2 is 1.00 bits per heavy atom. The van der Waals surface area contributed by atoms with Crippen LogP contribution in [0.15, 0.2) is 45.6 Å². The van der Waals surface area contributed by atoms with Crippen molar-refractivity contribution in [2.24, 2.45) is 0 Å². The highest BCUT2D eigenvalue weighted by Crippen LogP contribution is 2.34. The van der Waals surface area contributed by atoms with E-state index in [1.54, 1.807) is 0 Å². The van der Waals surface area contributed by atoms with Crippen molar-refractivity contribution in [3.05, 3.63) is 36.8 Å². The topological polar surface area (TPSA) is 135 Å².